The molecule has 3 rings (SSSR count). The summed E-state index contributed by atoms with van der Waals surface area (Å²) in [5.41, 5.74) is -0.292. The SMILES string of the molecule is COCCOC1CC(NS(=O)(=O)c2ccc(Oc3ccc(F)cc3)cc2)(C(=O)NO)CO1. The number of ether oxygens (including phenoxy) is 4. The van der Waals surface area contributed by atoms with Gasteiger partial charge in [0.15, 0.2) is 6.29 Å². The molecule has 0 saturated carbocycles. The van der Waals surface area contributed by atoms with Gasteiger partial charge in [0.2, 0.25) is 10.0 Å². The van der Waals surface area contributed by atoms with E-state index in [0.717, 1.165) is 0 Å². The van der Waals surface area contributed by atoms with Crippen molar-refractivity contribution in [2.45, 2.75) is 23.1 Å². The molecule has 2 aromatic carbocycles. The standard InChI is InChI=1S/C20H23FN2O8S/c1-28-10-11-29-18-12-20(13-30-18,19(24)22-25)23-32(26,27)17-8-6-16(7-9-17)31-15-4-2-14(21)3-5-15/h2-9,18,23,25H,10-13H2,1H3,(H,22,24). The van der Waals surface area contributed by atoms with Crippen LogP contribution in [-0.4, -0.2) is 58.3 Å². The van der Waals surface area contributed by atoms with E-state index < -0.39 is 33.6 Å². The fraction of sp³-hybridized carbons (Fsp3) is 0.350. The first-order valence-electron chi connectivity index (χ1n) is 9.52. The molecule has 32 heavy (non-hydrogen) atoms. The van der Waals surface area contributed by atoms with Crippen molar-refractivity contribution in [2.75, 3.05) is 26.9 Å². The first-order valence-corrected chi connectivity index (χ1v) is 11.0. The molecule has 0 spiro atoms. The van der Waals surface area contributed by atoms with Gasteiger partial charge in [-0.15, -0.1) is 0 Å². The number of carbonyl (C=O) groups is 1. The van der Waals surface area contributed by atoms with Gasteiger partial charge in [-0.05, 0) is 48.5 Å². The number of hydrogen-bond acceptors (Lipinski definition) is 8. The third-order valence-corrected chi connectivity index (χ3v) is 6.22. The van der Waals surface area contributed by atoms with Crippen LogP contribution in [0.4, 0.5) is 4.39 Å². The maximum absolute atomic E-state index is 13.0. The minimum Gasteiger partial charge on any atom is -0.457 e. The van der Waals surface area contributed by atoms with Gasteiger partial charge in [0.1, 0.15) is 22.9 Å². The van der Waals surface area contributed by atoms with E-state index >= 15 is 0 Å². The summed E-state index contributed by atoms with van der Waals surface area (Å²) in [4.78, 5) is 12.2. The van der Waals surface area contributed by atoms with Gasteiger partial charge in [0.05, 0.1) is 24.7 Å². The van der Waals surface area contributed by atoms with Gasteiger partial charge in [-0.3, -0.25) is 10.0 Å². The molecule has 2 atom stereocenters. The quantitative estimate of drug-likeness (QED) is 0.271. The van der Waals surface area contributed by atoms with Crippen molar-refractivity contribution in [2.24, 2.45) is 0 Å². The lowest BCUT2D eigenvalue weighted by molar-refractivity contribution is -0.135. The number of amides is 1. The molecule has 1 amide bonds. The van der Waals surface area contributed by atoms with Gasteiger partial charge in [0.25, 0.3) is 5.91 Å². The van der Waals surface area contributed by atoms with Crippen LogP contribution in [0.1, 0.15) is 6.42 Å². The average molecular weight is 470 g/mol. The van der Waals surface area contributed by atoms with Crippen LogP contribution in [0, 0.1) is 5.82 Å². The lowest BCUT2D eigenvalue weighted by atomic mass is 9.99. The Balaban J connectivity index is 1.72. The smallest absolute Gasteiger partial charge is 0.267 e. The van der Waals surface area contributed by atoms with Gasteiger partial charge in [0, 0.05) is 13.5 Å². The second kappa shape index (κ2) is 10.3. The Kier molecular flexibility index (Phi) is 7.77. The molecule has 1 heterocycles. The van der Waals surface area contributed by atoms with E-state index in [2.05, 4.69) is 4.72 Å². The molecule has 174 valence electrons. The maximum Gasteiger partial charge on any atom is 0.267 e. The molecule has 10 nitrogen and oxygen atoms in total. The Morgan fingerprint density at radius 1 is 1.16 bits per heavy atom. The molecule has 1 fully saturated rings. The van der Waals surface area contributed by atoms with Crippen LogP contribution in [0.5, 0.6) is 11.5 Å². The number of benzene rings is 2. The lowest BCUT2D eigenvalue weighted by Crippen LogP contribution is -2.59. The van der Waals surface area contributed by atoms with Gasteiger partial charge < -0.3 is 18.9 Å². The number of carbonyl (C=O) groups excluding carboxylic acids is 1. The Hall–Kier alpha value is -2.61. The zero-order valence-corrected chi connectivity index (χ0v) is 17.9. The molecule has 1 aliphatic heterocycles. The Morgan fingerprint density at radius 2 is 1.78 bits per heavy atom. The molecular weight excluding hydrogens is 447 g/mol. The van der Waals surface area contributed by atoms with Crippen LogP contribution in [0.3, 0.4) is 0 Å². The monoisotopic (exact) mass is 470 g/mol. The second-order valence-corrected chi connectivity index (χ2v) is 8.65. The number of methoxy groups -OCH3 is 1. The Morgan fingerprint density at radius 3 is 2.38 bits per heavy atom. The fourth-order valence-electron chi connectivity index (χ4n) is 3.03. The number of rotatable bonds is 10. The van der Waals surface area contributed by atoms with E-state index in [1.807, 2.05) is 0 Å². The molecule has 3 N–H and O–H groups in total. The molecule has 2 aromatic rings. The van der Waals surface area contributed by atoms with Crippen LogP contribution in [0.15, 0.2) is 53.4 Å². The average Bonchev–Trinajstić information content (AvgIpc) is 3.18. The molecule has 0 aromatic heterocycles. The van der Waals surface area contributed by atoms with E-state index in [-0.39, 0.29) is 31.1 Å². The highest BCUT2D eigenvalue weighted by Gasteiger charge is 2.50. The zero-order valence-electron chi connectivity index (χ0n) is 17.1. The molecule has 1 aliphatic rings. The van der Waals surface area contributed by atoms with Gasteiger partial charge >= 0.3 is 0 Å². The third kappa shape index (κ3) is 5.79. The Labute approximate surface area is 184 Å². The van der Waals surface area contributed by atoms with Crippen molar-refractivity contribution in [1.82, 2.24) is 10.2 Å². The van der Waals surface area contributed by atoms with Crippen LogP contribution in [0.2, 0.25) is 0 Å². The predicted octanol–water partition coefficient (Wildman–Crippen LogP) is 1.55. The van der Waals surface area contributed by atoms with Crippen LogP contribution >= 0.6 is 0 Å². The summed E-state index contributed by atoms with van der Waals surface area (Å²) in [6.07, 6.45) is -1.02. The van der Waals surface area contributed by atoms with E-state index in [9.17, 15) is 17.6 Å². The lowest BCUT2D eigenvalue weighted by Gasteiger charge is -2.26. The highest BCUT2D eigenvalue weighted by atomic mass is 32.2. The largest absolute Gasteiger partial charge is 0.457 e. The van der Waals surface area contributed by atoms with Crippen LogP contribution < -0.4 is 14.9 Å². The highest BCUT2D eigenvalue weighted by molar-refractivity contribution is 7.89. The number of hydrogen-bond donors (Lipinski definition) is 3. The summed E-state index contributed by atoms with van der Waals surface area (Å²) in [6, 6.07) is 10.7. The van der Waals surface area contributed by atoms with Crippen LogP contribution in [0.25, 0.3) is 0 Å². The molecule has 12 heteroatoms. The topological polar surface area (TPSA) is 132 Å². The summed E-state index contributed by atoms with van der Waals surface area (Å²) in [6.45, 7) is 0.124. The molecular formula is C20H23FN2O8S. The van der Waals surface area contributed by atoms with E-state index in [1.165, 1.54) is 61.1 Å². The zero-order chi connectivity index (χ0) is 23.2. The van der Waals surface area contributed by atoms with Crippen molar-refractivity contribution >= 4 is 15.9 Å². The summed E-state index contributed by atoms with van der Waals surface area (Å²) < 4.78 is 62.4. The molecule has 0 aliphatic carbocycles. The summed E-state index contributed by atoms with van der Waals surface area (Å²) in [7, 11) is -2.70. The van der Waals surface area contributed by atoms with Crippen molar-refractivity contribution in [3.63, 3.8) is 0 Å². The molecule has 2 unspecified atom stereocenters. The van der Waals surface area contributed by atoms with Gasteiger partial charge in [-0.2, -0.15) is 4.72 Å². The maximum atomic E-state index is 13.0. The first-order chi connectivity index (χ1) is 15.3. The van der Waals surface area contributed by atoms with Gasteiger partial charge in [-0.1, -0.05) is 0 Å². The predicted molar refractivity (Wildman–Crippen MR) is 108 cm³/mol. The van der Waals surface area contributed by atoms with E-state index in [0.29, 0.717) is 11.5 Å². The first kappa shape index (κ1) is 24.0. The number of halogens is 1. The fourth-order valence-corrected chi connectivity index (χ4v) is 4.39. The third-order valence-electron chi connectivity index (χ3n) is 4.67. The summed E-state index contributed by atoms with van der Waals surface area (Å²) in [5.74, 6) is -0.682. The minimum atomic E-state index is -4.19. The van der Waals surface area contributed by atoms with Crippen molar-refractivity contribution in [3.05, 3.63) is 54.3 Å². The van der Waals surface area contributed by atoms with E-state index in [4.69, 9.17) is 24.2 Å². The second-order valence-electron chi connectivity index (χ2n) is 6.96. The summed E-state index contributed by atoms with van der Waals surface area (Å²) in [5, 5.41) is 9.13. The van der Waals surface area contributed by atoms with Crippen molar-refractivity contribution in [3.8, 4) is 11.5 Å². The molecule has 1 saturated heterocycles. The number of nitrogens with one attached hydrogen (secondary N) is 2. The number of sulfonamides is 1. The normalized spacial score (nSPS) is 20.8. The van der Waals surface area contributed by atoms with Crippen molar-refractivity contribution in [1.29, 1.82) is 0 Å². The highest BCUT2D eigenvalue weighted by Crippen LogP contribution is 2.29. The number of hydroxylamine groups is 1. The Bertz CT molecular complexity index is 1020. The van der Waals surface area contributed by atoms with Crippen molar-refractivity contribution < 1.29 is 41.8 Å². The summed E-state index contributed by atoms with van der Waals surface area (Å²) >= 11 is 0. The molecule has 0 radical (unpaired) electrons. The minimum absolute atomic E-state index is 0.141. The van der Waals surface area contributed by atoms with E-state index in [1.54, 1.807) is 0 Å². The molecule has 0 bridgehead atoms. The van der Waals surface area contributed by atoms with Crippen LogP contribution in [-0.2, 0) is 29.0 Å². The van der Waals surface area contributed by atoms with Gasteiger partial charge in [-0.25, -0.2) is 18.3 Å².